The van der Waals surface area contributed by atoms with E-state index in [0.717, 1.165) is 73.5 Å². The van der Waals surface area contributed by atoms with E-state index in [4.69, 9.17) is 28.4 Å². The zero-order valence-corrected chi connectivity index (χ0v) is 29.6. The second-order valence-electron chi connectivity index (χ2n) is 12.5. The molecule has 9 nitrogen and oxygen atoms in total. The Labute approximate surface area is 309 Å². The minimum Gasteiger partial charge on any atom is -0.493 e. The van der Waals surface area contributed by atoms with E-state index in [2.05, 4.69) is 10.6 Å². The molecule has 4 N–H and O–H groups in total. The fourth-order valence-electron chi connectivity index (χ4n) is 6.83. The van der Waals surface area contributed by atoms with Gasteiger partial charge < -0.3 is 44.5 Å². The predicted octanol–water partition coefficient (Wildman–Crippen LogP) is 6.67. The first-order valence-electron chi connectivity index (χ1n) is 16.6. The lowest BCUT2D eigenvalue weighted by molar-refractivity contribution is 0.173. The number of hydrogen-bond acceptors (Lipinski definition) is 8. The molecule has 4 heterocycles. The number of rotatable bonds is 8. The van der Waals surface area contributed by atoms with E-state index < -0.39 is 0 Å². The summed E-state index contributed by atoms with van der Waals surface area (Å²) >= 11 is 0. The van der Waals surface area contributed by atoms with Crippen molar-refractivity contribution in [1.29, 1.82) is 0 Å². The predicted molar refractivity (Wildman–Crippen MR) is 194 cm³/mol. The fraction of sp³-hybridized carbons (Fsp3) is 0.368. The van der Waals surface area contributed by atoms with Crippen molar-refractivity contribution in [3.05, 3.63) is 108 Å². The summed E-state index contributed by atoms with van der Waals surface area (Å²) in [5.41, 5.74) is 2.36. The van der Waals surface area contributed by atoms with Gasteiger partial charge in [-0.3, -0.25) is 0 Å². The van der Waals surface area contributed by atoms with E-state index in [1.165, 1.54) is 35.4 Å². The van der Waals surface area contributed by atoms with Crippen LogP contribution in [0.15, 0.2) is 84.9 Å². The van der Waals surface area contributed by atoms with Crippen molar-refractivity contribution < 1.29 is 42.7 Å². The van der Waals surface area contributed by atoms with Crippen LogP contribution in [0.5, 0.6) is 34.5 Å². The number of ether oxygens (including phenoxy) is 6. The Bertz CT molecular complexity index is 1550. The van der Waals surface area contributed by atoms with Crippen LogP contribution in [0.3, 0.4) is 0 Å². The number of benzene rings is 4. The van der Waals surface area contributed by atoms with Crippen LogP contribution in [0.1, 0.15) is 35.8 Å². The van der Waals surface area contributed by atoms with Crippen LogP contribution in [-0.2, 0) is 0 Å². The van der Waals surface area contributed by atoms with E-state index in [9.17, 15) is 8.78 Å². The van der Waals surface area contributed by atoms with Gasteiger partial charge in [0.2, 0.25) is 13.6 Å². The summed E-state index contributed by atoms with van der Waals surface area (Å²) in [7, 11) is 0. The van der Waals surface area contributed by atoms with Gasteiger partial charge in [-0.2, -0.15) is 0 Å². The summed E-state index contributed by atoms with van der Waals surface area (Å²) < 4.78 is 59.7. The molecule has 0 amide bonds. The molecular formula is C38H44Cl2F2N2O7. The molecule has 0 aliphatic carbocycles. The van der Waals surface area contributed by atoms with Crippen molar-refractivity contribution in [3.8, 4) is 34.5 Å². The molecule has 4 aliphatic rings. The topological polar surface area (TPSA) is 111 Å². The van der Waals surface area contributed by atoms with Gasteiger partial charge >= 0.3 is 0 Å². The Hall–Kier alpha value is -4.00. The van der Waals surface area contributed by atoms with E-state index in [-0.39, 0.29) is 55.5 Å². The standard InChI is InChI=1S/2C19H20FNO3.2ClH.H2O/c2*20-15-3-1-13(2-4-15)17-7-8-21-10-14(17)11-22-16-5-6-18-19(9-16)24-12-23-18;;;/h2*1-6,9,14,17,21H,7-8,10-12H2;2*1H;1H2/t2*14?,17-;;;/m00.../s1. The molecule has 8 rings (SSSR count). The van der Waals surface area contributed by atoms with Gasteiger partial charge in [0.1, 0.15) is 23.1 Å². The Kier molecular flexibility index (Phi) is 14.8. The van der Waals surface area contributed by atoms with Gasteiger partial charge in [-0.1, -0.05) is 24.3 Å². The maximum absolute atomic E-state index is 13.2. The van der Waals surface area contributed by atoms with Crippen LogP contribution in [0.25, 0.3) is 0 Å². The van der Waals surface area contributed by atoms with Gasteiger partial charge in [0.05, 0.1) is 13.2 Å². The zero-order valence-electron chi connectivity index (χ0n) is 28.0. The van der Waals surface area contributed by atoms with Gasteiger partial charge in [0, 0.05) is 37.1 Å². The largest absolute Gasteiger partial charge is 0.493 e. The second-order valence-corrected chi connectivity index (χ2v) is 12.5. The van der Waals surface area contributed by atoms with Crippen LogP contribution >= 0.6 is 24.8 Å². The third-order valence-electron chi connectivity index (χ3n) is 9.43. The number of fused-ring (bicyclic) bond motifs is 2. The second kappa shape index (κ2) is 19.0. The van der Waals surface area contributed by atoms with Crippen molar-refractivity contribution in [2.24, 2.45) is 11.8 Å². The molecule has 4 aromatic rings. The van der Waals surface area contributed by atoms with E-state index in [0.29, 0.717) is 36.9 Å². The molecular weight excluding hydrogens is 705 g/mol. The SMILES string of the molecule is Cl.Cl.Fc1ccc([C@@H]2CCNCC2COc2ccc3c(c2)OCO3)cc1.Fc1ccc([C@@H]2CCNCC2COc2ccc3c(c2)OCO3)cc1.O. The van der Waals surface area contributed by atoms with Gasteiger partial charge in [-0.05, 0) is 97.4 Å². The number of piperidine rings is 2. The molecule has 2 unspecified atom stereocenters. The number of hydrogen-bond donors (Lipinski definition) is 2. The smallest absolute Gasteiger partial charge is 0.231 e. The van der Waals surface area contributed by atoms with Crippen LogP contribution in [0.2, 0.25) is 0 Å². The summed E-state index contributed by atoms with van der Waals surface area (Å²) in [6.45, 7) is 5.48. The zero-order chi connectivity index (χ0) is 32.7. The molecule has 2 fully saturated rings. The van der Waals surface area contributed by atoms with Gasteiger partial charge in [0.15, 0.2) is 23.0 Å². The highest BCUT2D eigenvalue weighted by atomic mass is 35.5. The minimum absolute atomic E-state index is 0. The summed E-state index contributed by atoms with van der Waals surface area (Å²) in [6, 6.07) is 25.0. The summed E-state index contributed by atoms with van der Waals surface area (Å²) in [5.74, 6) is 5.57. The molecule has 0 aromatic heterocycles. The maximum atomic E-state index is 13.2. The molecule has 4 aliphatic heterocycles. The van der Waals surface area contributed by atoms with Crippen molar-refractivity contribution in [1.82, 2.24) is 10.6 Å². The third kappa shape index (κ3) is 10.1. The Morgan fingerprint density at radius 2 is 0.941 bits per heavy atom. The molecule has 0 spiro atoms. The summed E-state index contributed by atoms with van der Waals surface area (Å²) in [5, 5.41) is 6.85. The Morgan fingerprint density at radius 1 is 0.549 bits per heavy atom. The number of nitrogens with one attached hydrogen (secondary N) is 2. The van der Waals surface area contributed by atoms with Crippen LogP contribution in [0.4, 0.5) is 8.78 Å². The molecule has 276 valence electrons. The van der Waals surface area contributed by atoms with Crippen molar-refractivity contribution in [3.63, 3.8) is 0 Å². The van der Waals surface area contributed by atoms with E-state index >= 15 is 0 Å². The highest BCUT2D eigenvalue weighted by Gasteiger charge is 2.28. The van der Waals surface area contributed by atoms with E-state index in [1.807, 2.05) is 60.7 Å². The molecule has 4 aromatic carbocycles. The maximum Gasteiger partial charge on any atom is 0.231 e. The molecule has 2 saturated heterocycles. The van der Waals surface area contributed by atoms with Crippen molar-refractivity contribution in [2.75, 3.05) is 53.0 Å². The average Bonchev–Trinajstić information content (AvgIpc) is 3.80. The summed E-state index contributed by atoms with van der Waals surface area (Å²) in [6.07, 6.45) is 2.06. The normalized spacial score (nSPS) is 21.1. The molecule has 0 bridgehead atoms. The van der Waals surface area contributed by atoms with Gasteiger partial charge in [-0.15, -0.1) is 24.8 Å². The average molecular weight is 750 g/mol. The highest BCUT2D eigenvalue weighted by molar-refractivity contribution is 5.85. The molecule has 4 atom stereocenters. The molecule has 0 saturated carbocycles. The van der Waals surface area contributed by atoms with Gasteiger partial charge in [0.25, 0.3) is 0 Å². The summed E-state index contributed by atoms with van der Waals surface area (Å²) in [4.78, 5) is 0. The van der Waals surface area contributed by atoms with Crippen LogP contribution in [-0.4, -0.2) is 58.5 Å². The third-order valence-corrected chi connectivity index (χ3v) is 9.43. The van der Waals surface area contributed by atoms with Crippen LogP contribution < -0.4 is 39.1 Å². The molecule has 13 heteroatoms. The number of halogens is 4. The van der Waals surface area contributed by atoms with Crippen LogP contribution in [0, 0.1) is 23.5 Å². The quantitative estimate of drug-likeness (QED) is 0.206. The van der Waals surface area contributed by atoms with Crippen molar-refractivity contribution >= 4 is 24.8 Å². The lowest BCUT2D eigenvalue weighted by Gasteiger charge is -2.32. The van der Waals surface area contributed by atoms with Crippen molar-refractivity contribution in [2.45, 2.75) is 24.7 Å². The minimum atomic E-state index is -0.194. The lowest BCUT2D eigenvalue weighted by Crippen LogP contribution is -2.38. The van der Waals surface area contributed by atoms with E-state index in [1.54, 1.807) is 0 Å². The first kappa shape index (κ1) is 39.8. The molecule has 0 radical (unpaired) electrons. The molecule has 51 heavy (non-hydrogen) atoms. The Balaban J connectivity index is 0.000000216. The first-order valence-corrected chi connectivity index (χ1v) is 16.6. The van der Waals surface area contributed by atoms with Gasteiger partial charge in [-0.25, -0.2) is 8.78 Å². The monoisotopic (exact) mass is 748 g/mol. The fourth-order valence-corrected chi connectivity index (χ4v) is 6.83. The highest BCUT2D eigenvalue weighted by Crippen LogP contribution is 2.38. The Morgan fingerprint density at radius 3 is 1.35 bits per heavy atom. The first-order chi connectivity index (χ1) is 23.6. The lowest BCUT2D eigenvalue weighted by atomic mass is 9.81.